The Bertz CT molecular complexity index is 1470. The van der Waals surface area contributed by atoms with E-state index in [0.717, 1.165) is 15.6 Å². The van der Waals surface area contributed by atoms with Gasteiger partial charge in [0.25, 0.3) is 11.8 Å². The van der Waals surface area contributed by atoms with Crippen molar-refractivity contribution in [3.63, 3.8) is 0 Å². The fraction of sp³-hybridized carbons (Fsp3) is 0.107. The highest BCUT2D eigenvalue weighted by Crippen LogP contribution is 2.26. The number of halogens is 2. The summed E-state index contributed by atoms with van der Waals surface area (Å²) < 4.78 is 0.929. The number of thioether (sulfide) groups is 1. The summed E-state index contributed by atoms with van der Waals surface area (Å²) in [4.78, 5) is 38.7. The van der Waals surface area contributed by atoms with Gasteiger partial charge in [0.1, 0.15) is 11.7 Å². The normalized spacial score (nSPS) is 12.2. The molecule has 1 heterocycles. The van der Waals surface area contributed by atoms with Gasteiger partial charge in [-0.2, -0.15) is 11.8 Å². The van der Waals surface area contributed by atoms with Crippen LogP contribution in [0.4, 0.5) is 0 Å². The van der Waals surface area contributed by atoms with Gasteiger partial charge < -0.3 is 15.7 Å². The molecule has 0 saturated heterocycles. The SMILES string of the molecule is O=C(NC(CSCc1ccccc1)C(=O)O)C(=Cc1ccc(Cl)c(Cl)c1)NC(=O)c1cc2ccccc2s1. The molecule has 1 unspecified atom stereocenters. The number of carboxylic acid groups (broad SMARTS) is 1. The van der Waals surface area contributed by atoms with Crippen LogP contribution in [-0.2, 0) is 15.3 Å². The van der Waals surface area contributed by atoms with E-state index in [0.29, 0.717) is 21.2 Å². The number of thiophene rings is 1. The third-order valence-electron chi connectivity index (χ3n) is 5.40. The second kappa shape index (κ2) is 13.0. The lowest BCUT2D eigenvalue weighted by Gasteiger charge is -2.16. The number of aliphatic carboxylic acids is 1. The van der Waals surface area contributed by atoms with Gasteiger partial charge in [0.15, 0.2) is 0 Å². The second-order valence-corrected chi connectivity index (χ2v) is 11.1. The predicted octanol–water partition coefficient (Wildman–Crippen LogP) is 6.48. The zero-order valence-corrected chi connectivity index (χ0v) is 23.0. The van der Waals surface area contributed by atoms with Gasteiger partial charge in [-0.1, -0.05) is 77.8 Å². The summed E-state index contributed by atoms with van der Waals surface area (Å²) in [5, 5.41) is 16.4. The molecular formula is C28H22Cl2N2O4S2. The fourth-order valence-corrected chi connectivity index (χ4v) is 5.76. The van der Waals surface area contributed by atoms with Crippen molar-refractivity contribution >= 4 is 80.2 Å². The van der Waals surface area contributed by atoms with Gasteiger partial charge in [0.2, 0.25) is 0 Å². The lowest BCUT2D eigenvalue weighted by atomic mass is 10.1. The van der Waals surface area contributed by atoms with E-state index >= 15 is 0 Å². The predicted molar refractivity (Wildman–Crippen MR) is 156 cm³/mol. The molecule has 0 aliphatic rings. The Labute approximate surface area is 237 Å². The van der Waals surface area contributed by atoms with Crippen molar-refractivity contribution < 1.29 is 19.5 Å². The average Bonchev–Trinajstić information content (AvgIpc) is 3.35. The third-order valence-corrected chi connectivity index (χ3v) is 8.36. The Morgan fingerprint density at radius 1 is 0.947 bits per heavy atom. The molecule has 4 rings (SSSR count). The average molecular weight is 586 g/mol. The molecule has 0 fully saturated rings. The van der Waals surface area contributed by atoms with Crippen LogP contribution in [0.3, 0.4) is 0 Å². The number of carboxylic acids is 1. The molecule has 0 bridgehead atoms. The van der Waals surface area contributed by atoms with Crippen LogP contribution in [0.15, 0.2) is 84.6 Å². The Balaban J connectivity index is 1.54. The summed E-state index contributed by atoms with van der Waals surface area (Å²) in [6.45, 7) is 0. The number of amides is 2. The van der Waals surface area contributed by atoms with E-state index in [1.54, 1.807) is 24.3 Å². The van der Waals surface area contributed by atoms with E-state index in [9.17, 15) is 19.5 Å². The number of fused-ring (bicyclic) bond motifs is 1. The molecule has 3 N–H and O–H groups in total. The zero-order chi connectivity index (χ0) is 27.1. The topological polar surface area (TPSA) is 95.5 Å². The first-order valence-electron chi connectivity index (χ1n) is 11.4. The van der Waals surface area contributed by atoms with Crippen molar-refractivity contribution in [1.82, 2.24) is 10.6 Å². The summed E-state index contributed by atoms with van der Waals surface area (Å²) >= 11 is 14.8. The summed E-state index contributed by atoms with van der Waals surface area (Å²) in [5.41, 5.74) is 1.43. The van der Waals surface area contributed by atoms with Gasteiger partial charge >= 0.3 is 5.97 Å². The fourth-order valence-electron chi connectivity index (χ4n) is 3.48. The Hall–Kier alpha value is -3.30. The van der Waals surface area contributed by atoms with Crippen molar-refractivity contribution in [2.75, 3.05) is 5.75 Å². The van der Waals surface area contributed by atoms with E-state index in [2.05, 4.69) is 10.6 Å². The summed E-state index contributed by atoms with van der Waals surface area (Å²) in [7, 11) is 0. The molecule has 4 aromatic rings. The summed E-state index contributed by atoms with van der Waals surface area (Å²) in [6.07, 6.45) is 1.43. The van der Waals surface area contributed by atoms with Crippen molar-refractivity contribution in [2.24, 2.45) is 0 Å². The monoisotopic (exact) mass is 584 g/mol. The summed E-state index contributed by atoms with van der Waals surface area (Å²) in [6, 6.07) is 22.5. The standard InChI is InChI=1S/C28H22Cl2N2O4S2/c29-20-11-10-18(12-21(20)30)13-22(31-27(34)25-14-19-8-4-5-9-24(19)38-25)26(33)32-23(28(35)36)16-37-15-17-6-2-1-3-7-17/h1-14,23H,15-16H2,(H,31,34)(H,32,33)(H,35,36). The molecule has 10 heteroatoms. The quantitative estimate of drug-likeness (QED) is 0.185. The third kappa shape index (κ3) is 7.39. The maximum atomic E-state index is 13.3. The molecule has 38 heavy (non-hydrogen) atoms. The number of hydrogen-bond donors (Lipinski definition) is 3. The first kappa shape index (κ1) is 27.7. The smallest absolute Gasteiger partial charge is 0.327 e. The molecule has 0 aliphatic carbocycles. The summed E-state index contributed by atoms with van der Waals surface area (Å²) in [5.74, 6) is -1.67. The zero-order valence-electron chi connectivity index (χ0n) is 19.8. The Morgan fingerprint density at radius 2 is 1.68 bits per heavy atom. The maximum Gasteiger partial charge on any atom is 0.327 e. The minimum absolute atomic E-state index is 0.120. The lowest BCUT2D eigenvalue weighted by Crippen LogP contribution is -2.45. The molecular weight excluding hydrogens is 563 g/mol. The van der Waals surface area contributed by atoms with Gasteiger partial charge in [-0.05, 0) is 46.9 Å². The minimum Gasteiger partial charge on any atom is -0.480 e. The van der Waals surface area contributed by atoms with E-state index in [1.807, 2.05) is 54.6 Å². The van der Waals surface area contributed by atoms with Crippen LogP contribution in [0.1, 0.15) is 20.8 Å². The van der Waals surface area contributed by atoms with Crippen LogP contribution in [0, 0.1) is 0 Å². The Morgan fingerprint density at radius 3 is 2.39 bits per heavy atom. The van der Waals surface area contributed by atoms with Crippen molar-refractivity contribution in [2.45, 2.75) is 11.8 Å². The van der Waals surface area contributed by atoms with Crippen molar-refractivity contribution in [1.29, 1.82) is 0 Å². The van der Waals surface area contributed by atoms with Gasteiger partial charge in [0.05, 0.1) is 14.9 Å². The number of nitrogens with one attached hydrogen (secondary N) is 2. The molecule has 1 atom stereocenters. The number of carbonyl (C=O) groups is 3. The van der Waals surface area contributed by atoms with Gasteiger partial charge in [-0.3, -0.25) is 9.59 Å². The molecule has 0 spiro atoms. The lowest BCUT2D eigenvalue weighted by molar-refractivity contribution is -0.140. The number of carbonyl (C=O) groups excluding carboxylic acids is 2. The van der Waals surface area contributed by atoms with Crippen LogP contribution in [0.5, 0.6) is 0 Å². The second-order valence-electron chi connectivity index (χ2n) is 8.20. The van der Waals surface area contributed by atoms with Crippen LogP contribution >= 0.6 is 46.3 Å². The molecule has 3 aromatic carbocycles. The molecule has 6 nitrogen and oxygen atoms in total. The number of hydrogen-bond acceptors (Lipinski definition) is 5. The molecule has 0 radical (unpaired) electrons. The van der Waals surface area contributed by atoms with Crippen molar-refractivity contribution in [3.05, 3.63) is 111 Å². The van der Waals surface area contributed by atoms with Gasteiger partial charge in [0, 0.05) is 16.2 Å². The van der Waals surface area contributed by atoms with Crippen LogP contribution in [-0.4, -0.2) is 34.7 Å². The molecule has 1 aromatic heterocycles. The molecule has 194 valence electrons. The maximum absolute atomic E-state index is 13.3. The highest BCUT2D eigenvalue weighted by molar-refractivity contribution is 7.98. The largest absolute Gasteiger partial charge is 0.480 e. The van der Waals surface area contributed by atoms with E-state index < -0.39 is 23.8 Å². The first-order valence-corrected chi connectivity index (χ1v) is 14.1. The van der Waals surface area contributed by atoms with E-state index in [-0.39, 0.29) is 16.5 Å². The van der Waals surface area contributed by atoms with Gasteiger partial charge in [-0.25, -0.2) is 4.79 Å². The van der Waals surface area contributed by atoms with E-state index in [1.165, 1.54) is 29.2 Å². The minimum atomic E-state index is -1.18. The van der Waals surface area contributed by atoms with Gasteiger partial charge in [-0.15, -0.1) is 11.3 Å². The molecule has 0 saturated carbocycles. The molecule has 2 amide bonds. The highest BCUT2D eigenvalue weighted by atomic mass is 35.5. The highest BCUT2D eigenvalue weighted by Gasteiger charge is 2.24. The molecule has 0 aliphatic heterocycles. The Kier molecular flexibility index (Phi) is 9.47. The number of benzene rings is 3. The number of rotatable bonds is 10. The van der Waals surface area contributed by atoms with E-state index in [4.69, 9.17) is 23.2 Å². The van der Waals surface area contributed by atoms with Crippen LogP contribution in [0.25, 0.3) is 16.2 Å². The van der Waals surface area contributed by atoms with Crippen LogP contribution in [0.2, 0.25) is 10.0 Å². The van der Waals surface area contributed by atoms with Crippen LogP contribution < -0.4 is 10.6 Å². The first-order chi connectivity index (χ1) is 18.3. The van der Waals surface area contributed by atoms with Crippen molar-refractivity contribution in [3.8, 4) is 0 Å².